The smallest absolute Gasteiger partial charge is 0.210 e. The molecule has 0 N–H and O–H groups in total. The lowest BCUT2D eigenvalue weighted by Gasteiger charge is -2.28. The Bertz CT molecular complexity index is 3110. The summed E-state index contributed by atoms with van der Waals surface area (Å²) < 4.78 is 41.8. The normalized spacial score (nSPS) is 18.4. The van der Waals surface area contributed by atoms with E-state index < -0.39 is 10.1 Å². The van der Waals surface area contributed by atoms with Gasteiger partial charge in [-0.2, -0.15) is 4.58 Å². The summed E-state index contributed by atoms with van der Waals surface area (Å²) in [5.74, 6) is -0.354. The molecule has 0 unspecified atom stereocenters. The fraction of sp³-hybridized carbons (Fsp3) is 0.333. The number of fused-ring (bicyclic) bond motifs is 7. The fourth-order valence-corrected chi connectivity index (χ4v) is 14.0. The zero-order valence-electron chi connectivity index (χ0n) is 37.7. The molecule has 9 rings (SSSR count). The Balaban J connectivity index is 1.16. The van der Waals surface area contributed by atoms with Gasteiger partial charge in [-0.1, -0.05) is 113 Å². The Morgan fingerprint density at radius 1 is 0.831 bits per heavy atom. The Labute approximate surface area is 409 Å². The summed E-state index contributed by atoms with van der Waals surface area (Å²) >= 11 is 10.9. The maximum Gasteiger partial charge on any atom is 0.210 e. The third-order valence-corrected chi connectivity index (χ3v) is 17.5. The van der Waals surface area contributed by atoms with Gasteiger partial charge >= 0.3 is 0 Å². The van der Waals surface area contributed by atoms with Gasteiger partial charge in [0.05, 0.1) is 25.7 Å². The van der Waals surface area contributed by atoms with Crippen LogP contribution in [0, 0.1) is 0 Å². The number of allylic oxidation sites excluding steroid dienone is 7. The van der Waals surface area contributed by atoms with E-state index in [2.05, 4.69) is 185 Å². The summed E-state index contributed by atoms with van der Waals surface area (Å²) in [6, 6.07) is 30.6. The number of benzene rings is 5. The molecule has 3 heterocycles. The van der Waals surface area contributed by atoms with E-state index in [1.165, 1.54) is 77.7 Å². The Hall–Kier alpha value is -3.84. The van der Waals surface area contributed by atoms with Crippen LogP contribution >= 0.6 is 55.0 Å². The summed E-state index contributed by atoms with van der Waals surface area (Å²) in [7, 11) is -4.29. The fourth-order valence-electron chi connectivity index (χ4n) is 10.4. The second-order valence-electron chi connectivity index (χ2n) is 18.6. The predicted octanol–water partition coefficient (Wildman–Crippen LogP) is 15.4. The van der Waals surface area contributed by atoms with Crippen molar-refractivity contribution < 1.29 is 17.5 Å². The van der Waals surface area contributed by atoms with E-state index in [4.69, 9.17) is 4.98 Å². The van der Waals surface area contributed by atoms with Gasteiger partial charge in [0, 0.05) is 67.1 Å². The molecule has 0 amide bonds. The second-order valence-corrected chi connectivity index (χ2v) is 24.2. The van der Waals surface area contributed by atoms with E-state index in [0.717, 1.165) is 62.4 Å². The predicted molar refractivity (Wildman–Crippen MR) is 281 cm³/mol. The van der Waals surface area contributed by atoms with Crippen molar-refractivity contribution in [3.05, 3.63) is 151 Å². The quantitative estimate of drug-likeness (QED) is 0.0615. The van der Waals surface area contributed by atoms with Gasteiger partial charge < -0.3 is 9.45 Å². The SMILES string of the molecule is CCCCC[N+]1=C(/C=C/C2=C(Sc3nc4ccccc4s3)C(=C/C=C3/N(CCCCS(=O)(=O)[O-])c4ccc5cc(Br)ccc5c4C3(C)C)/CCC2)C(C)(C)c2c1ccc1cc(Br)ccc21. The highest BCUT2D eigenvalue weighted by atomic mass is 79.9. The van der Waals surface area contributed by atoms with Gasteiger partial charge in [-0.15, -0.1) is 11.3 Å². The van der Waals surface area contributed by atoms with Gasteiger partial charge in [-0.05, 0) is 145 Å². The number of nitrogens with zero attached hydrogens (tertiary/aromatic N) is 3. The third kappa shape index (κ3) is 9.27. The van der Waals surface area contributed by atoms with Crippen LogP contribution in [-0.4, -0.2) is 47.1 Å². The number of hydrogen-bond donors (Lipinski definition) is 0. The van der Waals surface area contributed by atoms with E-state index in [1.54, 1.807) is 23.1 Å². The van der Waals surface area contributed by atoms with Gasteiger partial charge in [-0.25, -0.2) is 13.4 Å². The molecule has 0 fully saturated rings. The lowest BCUT2D eigenvalue weighted by Crippen LogP contribution is -2.28. The Kier molecular flexibility index (Phi) is 13.3. The molecule has 11 heteroatoms. The van der Waals surface area contributed by atoms with Crippen molar-refractivity contribution in [1.29, 1.82) is 0 Å². The van der Waals surface area contributed by atoms with Crippen molar-refractivity contribution in [2.24, 2.45) is 0 Å². The van der Waals surface area contributed by atoms with Crippen LogP contribution in [0.15, 0.2) is 144 Å². The molecule has 0 saturated carbocycles. The van der Waals surface area contributed by atoms with E-state index >= 15 is 0 Å². The molecule has 5 aromatic carbocycles. The van der Waals surface area contributed by atoms with Crippen molar-refractivity contribution in [1.82, 2.24) is 4.98 Å². The van der Waals surface area contributed by atoms with Crippen molar-refractivity contribution >= 4 is 114 Å². The largest absolute Gasteiger partial charge is 0.748 e. The average molecular weight is 1050 g/mol. The number of halogens is 2. The zero-order valence-corrected chi connectivity index (χ0v) is 43.3. The number of thioether (sulfide) groups is 1. The van der Waals surface area contributed by atoms with Crippen LogP contribution in [-0.2, 0) is 20.9 Å². The van der Waals surface area contributed by atoms with Crippen LogP contribution in [0.3, 0.4) is 0 Å². The minimum Gasteiger partial charge on any atom is -0.748 e. The number of anilines is 1. The monoisotopic (exact) mass is 1050 g/mol. The highest BCUT2D eigenvalue weighted by Gasteiger charge is 2.46. The second kappa shape index (κ2) is 18.7. The Morgan fingerprint density at radius 2 is 1.55 bits per heavy atom. The molecule has 0 spiro atoms. The maximum absolute atomic E-state index is 11.6. The summed E-state index contributed by atoms with van der Waals surface area (Å²) in [6.07, 6.45) is 16.9. The molecule has 65 heavy (non-hydrogen) atoms. The molecule has 1 aliphatic carbocycles. The molecule has 0 radical (unpaired) electrons. The van der Waals surface area contributed by atoms with Crippen molar-refractivity contribution in [2.75, 3.05) is 23.7 Å². The van der Waals surface area contributed by atoms with Crippen molar-refractivity contribution in [3.63, 3.8) is 0 Å². The van der Waals surface area contributed by atoms with Crippen LogP contribution in [0.2, 0.25) is 0 Å². The van der Waals surface area contributed by atoms with Gasteiger partial charge in [0.25, 0.3) is 0 Å². The van der Waals surface area contributed by atoms with E-state index in [0.29, 0.717) is 19.4 Å². The number of hydrogen-bond acceptors (Lipinski definition) is 7. The van der Waals surface area contributed by atoms with Crippen molar-refractivity contribution in [3.8, 4) is 0 Å². The van der Waals surface area contributed by atoms with Crippen LogP contribution in [0.5, 0.6) is 0 Å². The van der Waals surface area contributed by atoms with Gasteiger partial charge in [0.2, 0.25) is 5.69 Å². The summed E-state index contributed by atoms with van der Waals surface area (Å²) in [5.41, 5.74) is 10.7. The van der Waals surface area contributed by atoms with Gasteiger partial charge in [0.1, 0.15) is 6.54 Å². The molecule has 6 aromatic rings. The number of unbranched alkanes of at least 4 members (excludes halogenated alkanes) is 3. The van der Waals surface area contributed by atoms with E-state index in [-0.39, 0.29) is 16.6 Å². The summed E-state index contributed by atoms with van der Waals surface area (Å²) in [6.45, 7) is 13.2. The Morgan fingerprint density at radius 3 is 2.28 bits per heavy atom. The van der Waals surface area contributed by atoms with Crippen molar-refractivity contribution in [2.45, 2.75) is 101 Å². The molecule has 0 saturated heterocycles. The number of para-hydroxylation sites is 1. The van der Waals surface area contributed by atoms with E-state index in [1.807, 2.05) is 0 Å². The summed E-state index contributed by atoms with van der Waals surface area (Å²) in [5, 5.41) is 4.93. The van der Waals surface area contributed by atoms with Gasteiger partial charge in [0.15, 0.2) is 10.1 Å². The number of aromatic nitrogens is 1. The van der Waals surface area contributed by atoms with Gasteiger partial charge in [-0.3, -0.25) is 0 Å². The standard InChI is InChI=1S/C54H55Br2N3O3S3/c1-6-7-10-30-58-44-26-18-37-33-39(55)22-24-41(37)49(44)53(2,3)47(58)28-20-35-14-13-15-36(51(35)64-52-57-43-16-8-9-17-46(43)63-52)21-29-48-54(4,5)50-42-25-23-40(56)34-38(42)19-27-45(50)59(48)31-11-12-32-65(60,61)62/h8-9,16-29,33-34H,6-7,10-15,30-32H2,1-5H3. The zero-order chi connectivity index (χ0) is 45.7. The molecule has 0 bridgehead atoms. The average Bonchev–Trinajstić information content (AvgIpc) is 3.85. The molecule has 2 aliphatic heterocycles. The maximum atomic E-state index is 11.6. The first-order chi connectivity index (χ1) is 31.1. The first-order valence-corrected chi connectivity index (χ1v) is 27.6. The first kappa shape index (κ1) is 46.3. The van der Waals surface area contributed by atoms with Crippen LogP contribution < -0.4 is 4.90 Å². The highest BCUT2D eigenvalue weighted by molar-refractivity contribution is 9.10. The topological polar surface area (TPSA) is 76.3 Å². The highest BCUT2D eigenvalue weighted by Crippen LogP contribution is 2.52. The molecular formula is C54H55Br2N3O3S3. The minimum absolute atomic E-state index is 0.214. The number of rotatable bonds is 14. The third-order valence-electron chi connectivity index (χ3n) is 13.4. The minimum atomic E-state index is -4.29. The van der Waals surface area contributed by atoms with Crippen LogP contribution in [0.25, 0.3) is 31.8 Å². The molecule has 0 atom stereocenters. The number of thiazole rings is 1. The molecule has 336 valence electrons. The molecule has 3 aliphatic rings. The first-order valence-electron chi connectivity index (χ1n) is 22.8. The van der Waals surface area contributed by atoms with E-state index in [9.17, 15) is 13.0 Å². The lowest BCUT2D eigenvalue weighted by molar-refractivity contribution is -0.438. The van der Waals surface area contributed by atoms with Crippen LogP contribution in [0.4, 0.5) is 11.4 Å². The lowest BCUT2D eigenvalue weighted by atomic mass is 9.78. The molecule has 6 nitrogen and oxygen atoms in total. The molecular weight excluding hydrogens is 995 g/mol. The molecule has 1 aromatic heterocycles. The summed E-state index contributed by atoms with van der Waals surface area (Å²) in [4.78, 5) is 8.76. The van der Waals surface area contributed by atoms with Crippen LogP contribution in [0.1, 0.15) is 97.1 Å².